The third-order valence-electron chi connectivity index (χ3n) is 4.09. The molecule has 124 valence electrons. The molecule has 1 fully saturated rings. The van der Waals surface area contributed by atoms with E-state index in [1.165, 1.54) is 0 Å². The first-order valence-electron chi connectivity index (χ1n) is 8.09. The van der Waals surface area contributed by atoms with E-state index in [9.17, 15) is 4.21 Å². The van der Waals surface area contributed by atoms with Gasteiger partial charge in [-0.1, -0.05) is 13.3 Å². The van der Waals surface area contributed by atoms with E-state index in [1.807, 2.05) is 19.1 Å². The van der Waals surface area contributed by atoms with Gasteiger partial charge in [-0.05, 0) is 31.4 Å². The summed E-state index contributed by atoms with van der Waals surface area (Å²) in [6.07, 6.45) is 6.84. The molecule has 1 aromatic heterocycles. The number of nitrogens with zero attached hydrogens (tertiary/aromatic N) is 1. The maximum atomic E-state index is 12.0. The molecule has 1 aliphatic rings. The molecule has 22 heavy (non-hydrogen) atoms. The molecule has 3 atom stereocenters. The van der Waals surface area contributed by atoms with Gasteiger partial charge >= 0.3 is 0 Å². The first-order valence-corrected chi connectivity index (χ1v) is 9.48. The van der Waals surface area contributed by atoms with Gasteiger partial charge in [0.15, 0.2) is 5.96 Å². The Kier molecular flexibility index (Phi) is 6.96. The lowest BCUT2D eigenvalue weighted by molar-refractivity contribution is 0.413. The number of nitrogens with one attached hydrogen (secondary N) is 2. The Morgan fingerprint density at radius 3 is 3.05 bits per heavy atom. The van der Waals surface area contributed by atoms with E-state index in [1.54, 1.807) is 13.3 Å². The second-order valence-electron chi connectivity index (χ2n) is 5.63. The molecule has 2 rings (SSSR count). The van der Waals surface area contributed by atoms with Crippen LogP contribution in [0.25, 0.3) is 0 Å². The van der Waals surface area contributed by atoms with Gasteiger partial charge in [-0.15, -0.1) is 0 Å². The maximum Gasteiger partial charge on any atom is 0.191 e. The van der Waals surface area contributed by atoms with E-state index in [0.29, 0.717) is 11.3 Å². The zero-order valence-electron chi connectivity index (χ0n) is 13.5. The van der Waals surface area contributed by atoms with Crippen LogP contribution in [0.1, 0.15) is 38.4 Å². The van der Waals surface area contributed by atoms with E-state index in [0.717, 1.165) is 56.1 Å². The van der Waals surface area contributed by atoms with Crippen LogP contribution < -0.4 is 10.6 Å². The summed E-state index contributed by atoms with van der Waals surface area (Å²) >= 11 is 0. The van der Waals surface area contributed by atoms with Gasteiger partial charge in [0.2, 0.25) is 0 Å². The molecule has 0 amide bonds. The Morgan fingerprint density at radius 2 is 2.36 bits per heavy atom. The monoisotopic (exact) mass is 325 g/mol. The average molecular weight is 325 g/mol. The number of aliphatic imine (C=N–C) groups is 1. The Morgan fingerprint density at radius 1 is 1.50 bits per heavy atom. The van der Waals surface area contributed by atoms with Crippen LogP contribution in [0, 0.1) is 0 Å². The standard InChI is InChI=1S/C16H27N3O2S/c1-3-22(20)15-8-4-6-13(12-15)19-16(17-2)18-10-9-14-7-5-11-21-14/h5,7,11,13,15H,3-4,6,8-10,12H2,1-2H3,(H2,17,18,19). The summed E-state index contributed by atoms with van der Waals surface area (Å²) in [5.41, 5.74) is 0. The van der Waals surface area contributed by atoms with Crippen molar-refractivity contribution in [2.75, 3.05) is 19.3 Å². The highest BCUT2D eigenvalue weighted by atomic mass is 32.2. The van der Waals surface area contributed by atoms with Crippen molar-refractivity contribution in [1.29, 1.82) is 0 Å². The van der Waals surface area contributed by atoms with Crippen molar-refractivity contribution in [3.63, 3.8) is 0 Å². The van der Waals surface area contributed by atoms with E-state index >= 15 is 0 Å². The zero-order chi connectivity index (χ0) is 15.8. The summed E-state index contributed by atoms with van der Waals surface area (Å²) in [6, 6.07) is 4.24. The van der Waals surface area contributed by atoms with Crippen LogP contribution in [0.3, 0.4) is 0 Å². The largest absolute Gasteiger partial charge is 0.469 e. The molecule has 0 bridgehead atoms. The van der Waals surface area contributed by atoms with E-state index < -0.39 is 10.8 Å². The van der Waals surface area contributed by atoms with Gasteiger partial charge in [-0.25, -0.2) is 0 Å². The van der Waals surface area contributed by atoms with Crippen LogP contribution in [-0.4, -0.2) is 40.8 Å². The van der Waals surface area contributed by atoms with Gasteiger partial charge in [-0.3, -0.25) is 9.20 Å². The molecule has 3 unspecified atom stereocenters. The van der Waals surface area contributed by atoms with Gasteiger partial charge in [-0.2, -0.15) is 0 Å². The fourth-order valence-electron chi connectivity index (χ4n) is 2.90. The summed E-state index contributed by atoms with van der Waals surface area (Å²) in [4.78, 5) is 4.28. The third-order valence-corrected chi connectivity index (χ3v) is 5.83. The molecular weight excluding hydrogens is 298 g/mol. The number of guanidine groups is 1. The summed E-state index contributed by atoms with van der Waals surface area (Å²) in [5.74, 6) is 2.55. The van der Waals surface area contributed by atoms with Crippen LogP contribution in [0.5, 0.6) is 0 Å². The van der Waals surface area contributed by atoms with Crippen molar-refractivity contribution in [3.05, 3.63) is 24.2 Å². The second kappa shape index (κ2) is 8.98. The Bertz CT molecular complexity index is 488. The van der Waals surface area contributed by atoms with Crippen molar-refractivity contribution in [3.8, 4) is 0 Å². The highest BCUT2D eigenvalue weighted by molar-refractivity contribution is 7.85. The Balaban J connectivity index is 1.76. The molecule has 0 saturated heterocycles. The molecule has 0 aliphatic heterocycles. The Hall–Kier alpha value is -1.30. The lowest BCUT2D eigenvalue weighted by Crippen LogP contribution is -2.47. The number of rotatable bonds is 6. The van der Waals surface area contributed by atoms with Crippen LogP contribution in [0.4, 0.5) is 0 Å². The molecule has 2 N–H and O–H groups in total. The van der Waals surface area contributed by atoms with E-state index in [-0.39, 0.29) is 0 Å². The van der Waals surface area contributed by atoms with Crippen molar-refractivity contribution in [1.82, 2.24) is 10.6 Å². The predicted molar refractivity (Wildman–Crippen MR) is 91.6 cm³/mol. The lowest BCUT2D eigenvalue weighted by Gasteiger charge is -2.30. The predicted octanol–water partition coefficient (Wildman–Crippen LogP) is 2.07. The van der Waals surface area contributed by atoms with E-state index in [2.05, 4.69) is 15.6 Å². The molecule has 1 heterocycles. The Labute approximate surface area is 135 Å². The van der Waals surface area contributed by atoms with E-state index in [4.69, 9.17) is 4.42 Å². The third kappa shape index (κ3) is 5.16. The average Bonchev–Trinajstić information content (AvgIpc) is 3.06. The molecule has 0 radical (unpaired) electrons. The molecule has 0 aromatic carbocycles. The second-order valence-corrected chi connectivity index (χ2v) is 7.63. The van der Waals surface area contributed by atoms with Crippen LogP contribution >= 0.6 is 0 Å². The number of furan rings is 1. The zero-order valence-corrected chi connectivity index (χ0v) is 14.3. The first-order chi connectivity index (χ1) is 10.7. The van der Waals surface area contributed by atoms with Crippen molar-refractivity contribution in [2.24, 2.45) is 4.99 Å². The van der Waals surface area contributed by atoms with Crippen molar-refractivity contribution < 1.29 is 8.63 Å². The molecular formula is C16H27N3O2S. The van der Waals surface area contributed by atoms with Crippen molar-refractivity contribution in [2.45, 2.75) is 50.3 Å². The van der Waals surface area contributed by atoms with Crippen molar-refractivity contribution >= 4 is 16.8 Å². The molecule has 1 saturated carbocycles. The molecule has 6 heteroatoms. The summed E-state index contributed by atoms with van der Waals surface area (Å²) in [7, 11) is 1.10. The summed E-state index contributed by atoms with van der Waals surface area (Å²) < 4.78 is 17.3. The lowest BCUT2D eigenvalue weighted by atomic mass is 9.95. The summed E-state index contributed by atoms with van der Waals surface area (Å²) in [6.45, 7) is 2.78. The van der Waals surface area contributed by atoms with Crippen LogP contribution in [0.2, 0.25) is 0 Å². The van der Waals surface area contributed by atoms with Gasteiger partial charge in [0.05, 0.1) is 6.26 Å². The minimum absolute atomic E-state index is 0.331. The highest BCUT2D eigenvalue weighted by Crippen LogP contribution is 2.22. The van der Waals surface area contributed by atoms with Gasteiger partial charge in [0.1, 0.15) is 5.76 Å². The topological polar surface area (TPSA) is 66.6 Å². The summed E-state index contributed by atoms with van der Waals surface area (Å²) in [5, 5.41) is 7.12. The number of hydrogen-bond acceptors (Lipinski definition) is 3. The molecule has 5 nitrogen and oxygen atoms in total. The smallest absolute Gasteiger partial charge is 0.191 e. The molecule has 1 aromatic rings. The SMILES string of the molecule is CCS(=O)C1CCCC(NC(=NC)NCCc2ccco2)C1. The minimum atomic E-state index is -0.689. The first kappa shape index (κ1) is 17.1. The fraction of sp³-hybridized carbons (Fsp3) is 0.688. The fourth-order valence-corrected chi connectivity index (χ4v) is 4.25. The van der Waals surface area contributed by atoms with Crippen LogP contribution in [0.15, 0.2) is 27.8 Å². The minimum Gasteiger partial charge on any atom is -0.469 e. The molecule has 0 spiro atoms. The highest BCUT2D eigenvalue weighted by Gasteiger charge is 2.25. The normalized spacial score (nSPS) is 24.0. The van der Waals surface area contributed by atoms with Gasteiger partial charge < -0.3 is 15.1 Å². The number of hydrogen-bond donors (Lipinski definition) is 2. The van der Waals surface area contributed by atoms with Crippen LogP contribution in [-0.2, 0) is 17.2 Å². The molecule has 1 aliphatic carbocycles. The van der Waals surface area contributed by atoms with Gasteiger partial charge in [0.25, 0.3) is 0 Å². The quantitative estimate of drug-likeness (QED) is 0.621. The van der Waals surface area contributed by atoms with Gasteiger partial charge in [0, 0.05) is 47.9 Å². The maximum absolute atomic E-state index is 12.0.